The number of nitrogens with zero attached hydrogens (tertiary/aromatic N) is 5. The molecule has 0 spiro atoms. The normalized spacial score (nSPS) is 16.9. The summed E-state index contributed by atoms with van der Waals surface area (Å²) in [7, 11) is 2.01. The van der Waals surface area contributed by atoms with Crippen LogP contribution in [0.5, 0.6) is 0 Å². The van der Waals surface area contributed by atoms with Crippen LogP contribution in [0.15, 0.2) is 61.1 Å². The summed E-state index contributed by atoms with van der Waals surface area (Å²) in [6.45, 7) is 1.77. The Balaban J connectivity index is 1.40. The van der Waals surface area contributed by atoms with Crippen molar-refractivity contribution in [3.8, 4) is 0 Å². The summed E-state index contributed by atoms with van der Waals surface area (Å²) >= 11 is 0. The summed E-state index contributed by atoms with van der Waals surface area (Å²) in [5, 5.41) is 4.15. The fourth-order valence-electron chi connectivity index (χ4n) is 4.33. The fourth-order valence-corrected chi connectivity index (χ4v) is 4.33. The van der Waals surface area contributed by atoms with Crippen molar-refractivity contribution in [2.75, 3.05) is 11.9 Å². The monoisotopic (exact) mass is 402 g/mol. The molecular weight excluding hydrogens is 379 g/mol. The van der Waals surface area contributed by atoms with Crippen molar-refractivity contribution in [1.82, 2.24) is 24.4 Å². The van der Waals surface area contributed by atoms with Gasteiger partial charge in [0.05, 0.1) is 11.7 Å². The van der Waals surface area contributed by atoms with Gasteiger partial charge in [0.15, 0.2) is 0 Å². The summed E-state index contributed by atoms with van der Waals surface area (Å²) in [4.78, 5) is 15.7. The van der Waals surface area contributed by atoms with Gasteiger partial charge in [0.25, 0.3) is 0 Å². The van der Waals surface area contributed by atoms with Crippen LogP contribution in [-0.2, 0) is 13.6 Å². The van der Waals surface area contributed by atoms with Crippen molar-refractivity contribution in [2.45, 2.75) is 25.4 Å². The largest absolute Gasteiger partial charge is 0.350 e. The van der Waals surface area contributed by atoms with Crippen molar-refractivity contribution in [3.05, 3.63) is 78.1 Å². The second kappa shape index (κ2) is 7.84. The number of likely N-dealkylation sites (tertiary alicyclic amines) is 1. The van der Waals surface area contributed by atoms with E-state index in [1.807, 2.05) is 25.2 Å². The van der Waals surface area contributed by atoms with E-state index in [1.165, 1.54) is 6.07 Å². The number of hydrogen-bond acceptors (Lipinski definition) is 5. The predicted octanol–water partition coefficient (Wildman–Crippen LogP) is 4.58. The van der Waals surface area contributed by atoms with Crippen LogP contribution in [0.3, 0.4) is 0 Å². The highest BCUT2D eigenvalue weighted by atomic mass is 19.1. The minimum absolute atomic E-state index is 0.198. The quantitative estimate of drug-likeness (QED) is 0.529. The van der Waals surface area contributed by atoms with E-state index in [-0.39, 0.29) is 11.9 Å². The summed E-state index contributed by atoms with van der Waals surface area (Å²) in [5.74, 6) is 1.07. The molecule has 152 valence electrons. The maximum Gasteiger partial charge on any atom is 0.228 e. The topological polar surface area (TPSA) is 58.9 Å². The average molecular weight is 402 g/mol. The molecule has 7 heteroatoms. The van der Waals surface area contributed by atoms with Gasteiger partial charge < -0.3 is 9.88 Å². The minimum atomic E-state index is -0.198. The molecule has 0 saturated carbocycles. The molecule has 1 saturated heterocycles. The molecule has 1 aromatic carbocycles. The van der Waals surface area contributed by atoms with Gasteiger partial charge in [-0.05, 0) is 61.3 Å². The number of rotatable bonds is 5. The molecule has 1 fully saturated rings. The number of anilines is 2. The molecule has 6 nitrogen and oxygen atoms in total. The highest BCUT2D eigenvalue weighted by Crippen LogP contribution is 2.34. The summed E-state index contributed by atoms with van der Waals surface area (Å²) in [5.41, 5.74) is 3.22. The predicted molar refractivity (Wildman–Crippen MR) is 115 cm³/mol. The van der Waals surface area contributed by atoms with Crippen LogP contribution in [0.1, 0.15) is 30.1 Å². The lowest BCUT2D eigenvalue weighted by atomic mass is 10.1. The van der Waals surface area contributed by atoms with E-state index in [9.17, 15) is 4.39 Å². The SMILES string of the molecule is Cn1cc(CN2CCCC2c2cccc(Nc3ncccn3)n2)c2cc(F)ccc21. The lowest BCUT2D eigenvalue weighted by Crippen LogP contribution is -2.23. The first-order chi connectivity index (χ1) is 14.7. The third kappa shape index (κ3) is 3.64. The van der Waals surface area contributed by atoms with E-state index in [1.54, 1.807) is 24.5 Å². The molecule has 3 aromatic heterocycles. The third-order valence-electron chi connectivity index (χ3n) is 5.69. The van der Waals surface area contributed by atoms with Crippen LogP contribution in [0, 0.1) is 5.82 Å². The lowest BCUT2D eigenvalue weighted by molar-refractivity contribution is 0.245. The molecule has 1 aliphatic rings. The maximum absolute atomic E-state index is 13.9. The number of fused-ring (bicyclic) bond motifs is 1. The Hall–Kier alpha value is -3.32. The number of pyridine rings is 1. The van der Waals surface area contributed by atoms with Crippen LogP contribution in [-0.4, -0.2) is 31.0 Å². The van der Waals surface area contributed by atoms with Gasteiger partial charge in [0.2, 0.25) is 5.95 Å². The van der Waals surface area contributed by atoms with Crippen molar-refractivity contribution >= 4 is 22.7 Å². The molecule has 5 rings (SSSR count). The van der Waals surface area contributed by atoms with Gasteiger partial charge in [-0.3, -0.25) is 4.90 Å². The maximum atomic E-state index is 13.9. The first-order valence-electron chi connectivity index (χ1n) is 10.2. The van der Waals surface area contributed by atoms with Crippen LogP contribution in [0.4, 0.5) is 16.2 Å². The third-order valence-corrected chi connectivity index (χ3v) is 5.69. The second-order valence-electron chi connectivity index (χ2n) is 7.70. The van der Waals surface area contributed by atoms with Gasteiger partial charge in [-0.25, -0.2) is 19.3 Å². The van der Waals surface area contributed by atoms with Crippen molar-refractivity contribution in [2.24, 2.45) is 7.05 Å². The van der Waals surface area contributed by atoms with Crippen LogP contribution in [0.25, 0.3) is 10.9 Å². The first-order valence-corrected chi connectivity index (χ1v) is 10.2. The Bertz CT molecular complexity index is 1170. The zero-order chi connectivity index (χ0) is 20.5. The average Bonchev–Trinajstić information content (AvgIpc) is 3.34. The van der Waals surface area contributed by atoms with Gasteiger partial charge in [-0.1, -0.05) is 6.07 Å². The van der Waals surface area contributed by atoms with Crippen molar-refractivity contribution in [1.29, 1.82) is 0 Å². The molecule has 1 unspecified atom stereocenters. The standard InChI is InChI=1S/C23H23FN6/c1-29-14-16(18-13-17(24)8-9-20(18)29)15-30-12-3-6-21(30)19-5-2-7-22(27-19)28-23-25-10-4-11-26-23/h2,4-5,7-11,13-14,21H,3,6,12,15H2,1H3,(H,25,26,27,28). The van der Waals surface area contributed by atoms with Gasteiger partial charge in [0.1, 0.15) is 11.6 Å². The smallest absolute Gasteiger partial charge is 0.228 e. The van der Waals surface area contributed by atoms with E-state index in [0.29, 0.717) is 5.95 Å². The number of aromatic nitrogens is 4. The van der Waals surface area contributed by atoms with E-state index < -0.39 is 0 Å². The van der Waals surface area contributed by atoms with E-state index >= 15 is 0 Å². The highest BCUT2D eigenvalue weighted by molar-refractivity contribution is 5.84. The Morgan fingerprint density at radius 2 is 2.00 bits per heavy atom. The van der Waals surface area contributed by atoms with E-state index in [2.05, 4.69) is 37.0 Å². The van der Waals surface area contributed by atoms with E-state index in [0.717, 1.165) is 53.9 Å². The zero-order valence-electron chi connectivity index (χ0n) is 16.8. The van der Waals surface area contributed by atoms with E-state index in [4.69, 9.17) is 4.98 Å². The number of nitrogens with one attached hydrogen (secondary N) is 1. The molecule has 0 aliphatic carbocycles. The highest BCUT2D eigenvalue weighted by Gasteiger charge is 2.28. The molecule has 4 aromatic rings. The van der Waals surface area contributed by atoms with Gasteiger partial charge in [0, 0.05) is 43.1 Å². The molecule has 0 radical (unpaired) electrons. The molecule has 0 amide bonds. The molecule has 1 N–H and O–H groups in total. The molecular formula is C23H23FN6. The molecule has 1 aliphatic heterocycles. The second-order valence-corrected chi connectivity index (χ2v) is 7.70. The number of aryl methyl sites for hydroxylation is 1. The van der Waals surface area contributed by atoms with Crippen molar-refractivity contribution in [3.63, 3.8) is 0 Å². The molecule has 30 heavy (non-hydrogen) atoms. The number of halogens is 1. The summed E-state index contributed by atoms with van der Waals surface area (Å²) in [6, 6.07) is 13.0. The van der Waals surface area contributed by atoms with Crippen LogP contribution < -0.4 is 5.32 Å². The van der Waals surface area contributed by atoms with Crippen LogP contribution >= 0.6 is 0 Å². The Labute approximate surface area is 174 Å². The molecule has 4 heterocycles. The Morgan fingerprint density at radius 3 is 2.87 bits per heavy atom. The van der Waals surface area contributed by atoms with Crippen molar-refractivity contribution < 1.29 is 4.39 Å². The van der Waals surface area contributed by atoms with Gasteiger partial charge in [-0.15, -0.1) is 0 Å². The fraction of sp³-hybridized carbons (Fsp3) is 0.261. The number of hydrogen-bond donors (Lipinski definition) is 1. The first kappa shape index (κ1) is 18.7. The molecule has 0 bridgehead atoms. The van der Waals surface area contributed by atoms with Crippen LogP contribution in [0.2, 0.25) is 0 Å². The molecule has 1 atom stereocenters. The van der Waals surface area contributed by atoms with Gasteiger partial charge in [-0.2, -0.15) is 0 Å². The summed E-state index contributed by atoms with van der Waals surface area (Å²) in [6.07, 6.45) is 7.68. The summed E-state index contributed by atoms with van der Waals surface area (Å²) < 4.78 is 15.9. The zero-order valence-corrected chi connectivity index (χ0v) is 16.8. The van der Waals surface area contributed by atoms with Gasteiger partial charge >= 0.3 is 0 Å². The Kier molecular flexibility index (Phi) is 4.88. The lowest BCUT2D eigenvalue weighted by Gasteiger charge is -2.24. The Morgan fingerprint density at radius 1 is 1.13 bits per heavy atom. The number of benzene rings is 1. The minimum Gasteiger partial charge on any atom is -0.350 e.